The zero-order valence-corrected chi connectivity index (χ0v) is 12.4. The second kappa shape index (κ2) is 7.47. The number of hydrogen-bond acceptors (Lipinski definition) is 3. The highest BCUT2D eigenvalue weighted by atomic mass is 35.5. The molecular formula is C14H23ClN2O. The molecule has 1 heterocycles. The molecule has 0 radical (unpaired) electrons. The first kappa shape index (κ1) is 15.1. The summed E-state index contributed by atoms with van der Waals surface area (Å²) in [5.41, 5.74) is 0. The third kappa shape index (κ3) is 5.58. The smallest absolute Gasteiger partial charge is 0.168 e. The quantitative estimate of drug-likeness (QED) is 0.762. The van der Waals surface area contributed by atoms with Crippen molar-refractivity contribution in [2.75, 3.05) is 11.9 Å². The van der Waals surface area contributed by atoms with Gasteiger partial charge in [-0.15, -0.1) is 11.6 Å². The first-order valence-electron chi connectivity index (χ1n) is 6.48. The standard InChI is InChI=1S/C14H23ClN2O/c1-10(2)8-12(15)9-17-14-13(18-11(3)4)6-5-7-16-14/h5-7,10-12H,8-9H2,1-4H3,(H,16,17). The van der Waals surface area contributed by atoms with Crippen LogP contribution in [0.25, 0.3) is 0 Å². The van der Waals surface area contributed by atoms with Gasteiger partial charge in [0.25, 0.3) is 0 Å². The van der Waals surface area contributed by atoms with Crippen LogP contribution in [0.1, 0.15) is 34.1 Å². The Morgan fingerprint density at radius 1 is 1.33 bits per heavy atom. The van der Waals surface area contributed by atoms with E-state index in [-0.39, 0.29) is 11.5 Å². The highest BCUT2D eigenvalue weighted by Gasteiger charge is 2.10. The van der Waals surface area contributed by atoms with Gasteiger partial charge in [0.05, 0.1) is 11.5 Å². The minimum atomic E-state index is 0.110. The third-order valence-electron chi connectivity index (χ3n) is 2.35. The van der Waals surface area contributed by atoms with Gasteiger partial charge < -0.3 is 10.1 Å². The van der Waals surface area contributed by atoms with Crippen molar-refractivity contribution in [1.29, 1.82) is 0 Å². The molecule has 3 nitrogen and oxygen atoms in total. The van der Waals surface area contributed by atoms with Crippen LogP contribution in [0, 0.1) is 5.92 Å². The topological polar surface area (TPSA) is 34.2 Å². The second-order valence-corrected chi connectivity index (χ2v) is 5.74. The summed E-state index contributed by atoms with van der Waals surface area (Å²) in [7, 11) is 0. The van der Waals surface area contributed by atoms with Gasteiger partial charge in [0.2, 0.25) is 0 Å². The molecule has 102 valence electrons. The van der Waals surface area contributed by atoms with E-state index in [0.29, 0.717) is 12.5 Å². The summed E-state index contributed by atoms with van der Waals surface area (Å²) >= 11 is 6.25. The summed E-state index contributed by atoms with van der Waals surface area (Å²) in [6.07, 6.45) is 2.88. The Morgan fingerprint density at radius 3 is 2.67 bits per heavy atom. The van der Waals surface area contributed by atoms with E-state index >= 15 is 0 Å². The van der Waals surface area contributed by atoms with Crippen LogP contribution in [0.15, 0.2) is 18.3 Å². The van der Waals surface area contributed by atoms with E-state index in [1.165, 1.54) is 0 Å². The first-order chi connectivity index (χ1) is 8.49. The lowest BCUT2D eigenvalue weighted by Gasteiger charge is -2.17. The van der Waals surface area contributed by atoms with Crippen molar-refractivity contribution in [3.63, 3.8) is 0 Å². The number of anilines is 1. The number of alkyl halides is 1. The van der Waals surface area contributed by atoms with Crippen LogP contribution in [0.3, 0.4) is 0 Å². The molecule has 4 heteroatoms. The number of aromatic nitrogens is 1. The molecule has 0 aliphatic heterocycles. The molecule has 0 aliphatic rings. The second-order valence-electron chi connectivity index (χ2n) is 5.12. The molecule has 0 amide bonds. The van der Waals surface area contributed by atoms with Crippen LogP contribution in [0.4, 0.5) is 5.82 Å². The van der Waals surface area contributed by atoms with E-state index < -0.39 is 0 Å². The largest absolute Gasteiger partial charge is 0.487 e. The van der Waals surface area contributed by atoms with Crippen molar-refractivity contribution in [1.82, 2.24) is 4.98 Å². The zero-order valence-electron chi connectivity index (χ0n) is 11.6. The molecule has 0 aliphatic carbocycles. The summed E-state index contributed by atoms with van der Waals surface area (Å²) in [6.45, 7) is 9.04. The molecule has 18 heavy (non-hydrogen) atoms. The number of nitrogens with one attached hydrogen (secondary N) is 1. The number of rotatable bonds is 7. The van der Waals surface area contributed by atoms with Gasteiger partial charge in [0.15, 0.2) is 11.6 Å². The predicted molar refractivity (Wildman–Crippen MR) is 77.6 cm³/mol. The lowest BCUT2D eigenvalue weighted by molar-refractivity contribution is 0.243. The molecule has 1 aromatic heterocycles. The van der Waals surface area contributed by atoms with E-state index in [1.807, 2.05) is 26.0 Å². The summed E-state index contributed by atoms with van der Waals surface area (Å²) in [5.74, 6) is 2.14. The van der Waals surface area contributed by atoms with Gasteiger partial charge in [0, 0.05) is 12.7 Å². The normalized spacial score (nSPS) is 12.8. The Balaban J connectivity index is 2.55. The van der Waals surface area contributed by atoms with Crippen LogP contribution in [0.5, 0.6) is 5.75 Å². The highest BCUT2D eigenvalue weighted by Crippen LogP contribution is 2.22. The van der Waals surface area contributed by atoms with Crippen molar-refractivity contribution in [3.8, 4) is 5.75 Å². The lowest BCUT2D eigenvalue weighted by atomic mass is 10.1. The van der Waals surface area contributed by atoms with Crippen molar-refractivity contribution >= 4 is 17.4 Å². The Hall–Kier alpha value is -0.960. The van der Waals surface area contributed by atoms with Crippen LogP contribution in [-0.4, -0.2) is 23.0 Å². The average molecular weight is 271 g/mol. The van der Waals surface area contributed by atoms with Gasteiger partial charge in [-0.1, -0.05) is 13.8 Å². The minimum Gasteiger partial charge on any atom is -0.487 e. The maximum atomic E-state index is 6.25. The van der Waals surface area contributed by atoms with Crippen LogP contribution in [-0.2, 0) is 0 Å². The zero-order chi connectivity index (χ0) is 13.5. The fraction of sp³-hybridized carbons (Fsp3) is 0.643. The summed E-state index contributed by atoms with van der Waals surface area (Å²) in [5, 5.41) is 3.37. The van der Waals surface area contributed by atoms with Crippen LogP contribution >= 0.6 is 11.6 Å². The van der Waals surface area contributed by atoms with Crippen LogP contribution < -0.4 is 10.1 Å². The summed E-state index contributed by atoms with van der Waals surface area (Å²) in [4.78, 5) is 4.29. The molecule has 0 saturated carbocycles. The van der Waals surface area contributed by atoms with Crippen molar-refractivity contribution in [3.05, 3.63) is 18.3 Å². The maximum Gasteiger partial charge on any atom is 0.168 e. The fourth-order valence-electron chi connectivity index (χ4n) is 1.67. The molecule has 0 bridgehead atoms. The minimum absolute atomic E-state index is 0.110. The Labute approximate surface area is 115 Å². The van der Waals surface area contributed by atoms with Crippen LogP contribution in [0.2, 0.25) is 0 Å². The summed E-state index contributed by atoms with van der Waals surface area (Å²) < 4.78 is 5.69. The molecule has 0 fully saturated rings. The van der Waals surface area contributed by atoms with Gasteiger partial charge in [-0.05, 0) is 38.3 Å². The molecule has 0 aromatic carbocycles. The van der Waals surface area contributed by atoms with E-state index in [2.05, 4.69) is 24.1 Å². The number of nitrogens with zero attached hydrogens (tertiary/aromatic N) is 1. The predicted octanol–water partition coefficient (Wildman–Crippen LogP) is 3.93. The van der Waals surface area contributed by atoms with E-state index in [9.17, 15) is 0 Å². The number of hydrogen-bond donors (Lipinski definition) is 1. The van der Waals surface area contributed by atoms with Gasteiger partial charge >= 0.3 is 0 Å². The van der Waals surface area contributed by atoms with Gasteiger partial charge in [-0.2, -0.15) is 0 Å². The van der Waals surface area contributed by atoms with E-state index in [1.54, 1.807) is 6.20 Å². The summed E-state index contributed by atoms with van der Waals surface area (Å²) in [6, 6.07) is 3.79. The number of pyridine rings is 1. The highest BCUT2D eigenvalue weighted by molar-refractivity contribution is 6.20. The van der Waals surface area contributed by atoms with Crippen molar-refractivity contribution in [2.45, 2.75) is 45.6 Å². The van der Waals surface area contributed by atoms with E-state index in [0.717, 1.165) is 18.0 Å². The Morgan fingerprint density at radius 2 is 2.06 bits per heavy atom. The SMILES string of the molecule is CC(C)CC(Cl)CNc1ncccc1OC(C)C. The molecule has 1 aromatic rings. The monoisotopic (exact) mass is 270 g/mol. The average Bonchev–Trinajstić information content (AvgIpc) is 2.26. The molecular weight excluding hydrogens is 248 g/mol. The molecule has 1 atom stereocenters. The van der Waals surface area contributed by atoms with E-state index in [4.69, 9.17) is 16.3 Å². The van der Waals surface area contributed by atoms with Crippen molar-refractivity contribution in [2.24, 2.45) is 5.92 Å². The first-order valence-corrected chi connectivity index (χ1v) is 6.92. The number of ether oxygens (including phenoxy) is 1. The molecule has 1 N–H and O–H groups in total. The molecule has 1 unspecified atom stereocenters. The third-order valence-corrected chi connectivity index (χ3v) is 2.68. The Bertz CT molecular complexity index is 355. The van der Waals surface area contributed by atoms with Gasteiger partial charge in [0.1, 0.15) is 0 Å². The van der Waals surface area contributed by atoms with Gasteiger partial charge in [-0.25, -0.2) is 4.98 Å². The van der Waals surface area contributed by atoms with Crippen molar-refractivity contribution < 1.29 is 4.74 Å². The fourth-order valence-corrected chi connectivity index (χ4v) is 2.11. The maximum absolute atomic E-state index is 6.25. The molecule has 0 saturated heterocycles. The Kier molecular flexibility index (Phi) is 6.27. The molecule has 0 spiro atoms. The lowest BCUT2D eigenvalue weighted by Crippen LogP contribution is -2.18. The molecule has 1 rings (SSSR count). The number of halogens is 1. The van der Waals surface area contributed by atoms with Gasteiger partial charge in [-0.3, -0.25) is 0 Å².